The van der Waals surface area contributed by atoms with Crippen molar-refractivity contribution in [3.8, 4) is 5.88 Å². The van der Waals surface area contributed by atoms with Gasteiger partial charge in [0, 0.05) is 17.1 Å². The molecule has 0 amide bonds. The van der Waals surface area contributed by atoms with Gasteiger partial charge in [-0.15, -0.1) is 0 Å². The number of aromatic nitrogens is 2. The predicted octanol–water partition coefficient (Wildman–Crippen LogP) is 4.20. The fourth-order valence-electron chi connectivity index (χ4n) is 2.23. The first-order chi connectivity index (χ1) is 11.3. The summed E-state index contributed by atoms with van der Waals surface area (Å²) in [5, 5.41) is 4.81. The van der Waals surface area contributed by atoms with Gasteiger partial charge in [-0.2, -0.15) is 5.10 Å². The summed E-state index contributed by atoms with van der Waals surface area (Å²) < 4.78 is 10.9. The number of nitrogens with zero attached hydrogens (tertiary/aromatic N) is 2. The maximum Gasteiger partial charge on any atom is 0.514 e. The van der Waals surface area contributed by atoms with Crippen LogP contribution in [-0.2, 0) is 11.3 Å². The predicted molar refractivity (Wildman–Crippen MR) is 90.3 cm³/mol. The van der Waals surface area contributed by atoms with E-state index in [9.17, 15) is 9.59 Å². The van der Waals surface area contributed by atoms with E-state index in [1.807, 2.05) is 0 Å². The number of ketones is 1. The maximum absolute atomic E-state index is 12.9. The van der Waals surface area contributed by atoms with E-state index in [1.165, 1.54) is 18.0 Å². The van der Waals surface area contributed by atoms with Crippen molar-refractivity contribution in [2.75, 3.05) is 7.11 Å². The molecule has 0 spiro atoms. The standard InChI is InChI=1S/C16H16Cl2N2O4/c1-5-20-15(24-16(22)23-4)11(7-19-20)14(21)10-6-8(2)12(17)9(3)13(10)18/h6-7H,5H2,1-4H3. The molecule has 1 aromatic carbocycles. The van der Waals surface area contributed by atoms with E-state index in [4.69, 9.17) is 27.9 Å². The summed E-state index contributed by atoms with van der Waals surface area (Å²) in [6.45, 7) is 5.72. The van der Waals surface area contributed by atoms with Gasteiger partial charge in [0.05, 0.1) is 18.3 Å². The summed E-state index contributed by atoms with van der Waals surface area (Å²) in [6.07, 6.45) is 0.397. The van der Waals surface area contributed by atoms with E-state index < -0.39 is 11.9 Å². The second-order valence-corrected chi connectivity index (χ2v) is 5.81. The van der Waals surface area contributed by atoms with Gasteiger partial charge in [-0.05, 0) is 38.0 Å². The van der Waals surface area contributed by atoms with E-state index in [0.29, 0.717) is 17.1 Å². The first-order valence-corrected chi connectivity index (χ1v) is 7.88. The Morgan fingerprint density at radius 2 is 1.88 bits per heavy atom. The Balaban J connectivity index is 2.55. The molecule has 1 heterocycles. The number of methoxy groups -OCH3 is 1. The van der Waals surface area contributed by atoms with Crippen molar-refractivity contribution in [1.29, 1.82) is 0 Å². The molecule has 0 radical (unpaired) electrons. The largest absolute Gasteiger partial charge is 0.514 e. The van der Waals surface area contributed by atoms with Crippen molar-refractivity contribution in [3.05, 3.63) is 44.6 Å². The number of carbonyl (C=O) groups excluding carboxylic acids is 2. The van der Waals surface area contributed by atoms with Crippen LogP contribution in [0, 0.1) is 13.8 Å². The second kappa shape index (κ2) is 7.23. The second-order valence-electron chi connectivity index (χ2n) is 5.06. The number of rotatable bonds is 4. The minimum Gasteiger partial charge on any atom is -0.437 e. The zero-order chi connectivity index (χ0) is 18.0. The summed E-state index contributed by atoms with van der Waals surface area (Å²) in [6, 6.07) is 1.60. The van der Waals surface area contributed by atoms with Gasteiger partial charge in [0.15, 0.2) is 0 Å². The van der Waals surface area contributed by atoms with E-state index in [2.05, 4.69) is 9.84 Å². The lowest BCUT2D eigenvalue weighted by atomic mass is 10.0. The van der Waals surface area contributed by atoms with E-state index in [1.54, 1.807) is 26.8 Å². The molecular weight excluding hydrogens is 355 g/mol. The molecule has 6 nitrogen and oxygen atoms in total. The molecule has 0 N–H and O–H groups in total. The number of benzene rings is 1. The number of halogens is 2. The van der Waals surface area contributed by atoms with E-state index in [-0.39, 0.29) is 22.0 Å². The third-order valence-electron chi connectivity index (χ3n) is 3.53. The molecule has 2 aromatic rings. The van der Waals surface area contributed by atoms with Gasteiger partial charge in [0.25, 0.3) is 0 Å². The molecule has 0 aliphatic carbocycles. The van der Waals surface area contributed by atoms with E-state index in [0.717, 1.165) is 5.56 Å². The smallest absolute Gasteiger partial charge is 0.437 e. The van der Waals surface area contributed by atoms with Crippen LogP contribution >= 0.6 is 23.2 Å². The molecule has 128 valence electrons. The Labute approximate surface area is 149 Å². The monoisotopic (exact) mass is 370 g/mol. The Hall–Kier alpha value is -2.05. The summed E-state index contributed by atoms with van der Waals surface area (Å²) in [5.74, 6) is -0.405. The number of aryl methyl sites for hydroxylation is 2. The van der Waals surface area contributed by atoms with Gasteiger partial charge >= 0.3 is 6.16 Å². The maximum atomic E-state index is 12.9. The Morgan fingerprint density at radius 3 is 2.46 bits per heavy atom. The van der Waals surface area contributed by atoms with Crippen molar-refractivity contribution in [2.45, 2.75) is 27.3 Å². The Morgan fingerprint density at radius 1 is 1.21 bits per heavy atom. The zero-order valence-electron chi connectivity index (χ0n) is 13.6. The quantitative estimate of drug-likeness (QED) is 0.595. The van der Waals surface area contributed by atoms with Gasteiger partial charge < -0.3 is 9.47 Å². The summed E-state index contributed by atoms with van der Waals surface area (Å²) in [4.78, 5) is 24.3. The van der Waals surface area contributed by atoms with E-state index >= 15 is 0 Å². The molecule has 0 aliphatic rings. The highest BCUT2D eigenvalue weighted by Gasteiger charge is 2.25. The normalized spacial score (nSPS) is 10.6. The third kappa shape index (κ3) is 3.25. The van der Waals surface area contributed by atoms with Gasteiger partial charge in [0.2, 0.25) is 11.7 Å². The van der Waals surface area contributed by atoms with Crippen LogP contribution in [0.3, 0.4) is 0 Å². The molecule has 0 bridgehead atoms. The third-order valence-corrected chi connectivity index (χ3v) is 4.60. The molecule has 1 aromatic heterocycles. The number of carbonyl (C=O) groups is 2. The zero-order valence-corrected chi connectivity index (χ0v) is 15.2. The molecule has 0 aliphatic heterocycles. The summed E-state index contributed by atoms with van der Waals surface area (Å²) in [5.41, 5.74) is 1.71. The van der Waals surface area contributed by atoms with Gasteiger partial charge in [-0.1, -0.05) is 23.2 Å². The molecule has 0 unspecified atom stereocenters. The van der Waals surface area contributed by atoms with Crippen LogP contribution in [-0.4, -0.2) is 28.8 Å². The lowest BCUT2D eigenvalue weighted by Crippen LogP contribution is -2.14. The molecule has 24 heavy (non-hydrogen) atoms. The van der Waals surface area contributed by atoms with Gasteiger partial charge in [0.1, 0.15) is 5.56 Å². The Kier molecular flexibility index (Phi) is 5.51. The van der Waals surface area contributed by atoms with Crippen LogP contribution in [0.1, 0.15) is 34.0 Å². The van der Waals surface area contributed by atoms with Crippen molar-refractivity contribution in [2.24, 2.45) is 0 Å². The van der Waals surface area contributed by atoms with Crippen LogP contribution in [0.15, 0.2) is 12.3 Å². The van der Waals surface area contributed by atoms with Crippen molar-refractivity contribution in [3.63, 3.8) is 0 Å². The minimum absolute atomic E-state index is 0.00988. The highest BCUT2D eigenvalue weighted by Crippen LogP contribution is 2.33. The SMILES string of the molecule is CCn1ncc(C(=O)c2cc(C)c(Cl)c(C)c2Cl)c1OC(=O)OC. The highest BCUT2D eigenvalue weighted by molar-refractivity contribution is 6.39. The first kappa shape index (κ1) is 18.3. The Bertz CT molecular complexity index is 815. The molecular formula is C16H16Cl2N2O4. The molecule has 0 fully saturated rings. The van der Waals surface area contributed by atoms with Crippen LogP contribution in [0.4, 0.5) is 4.79 Å². The van der Waals surface area contributed by atoms with Crippen molar-refractivity contribution >= 4 is 35.1 Å². The van der Waals surface area contributed by atoms with Crippen LogP contribution in [0.2, 0.25) is 10.0 Å². The van der Waals surface area contributed by atoms with Crippen LogP contribution in [0.25, 0.3) is 0 Å². The molecule has 0 atom stereocenters. The fraction of sp³-hybridized carbons (Fsp3) is 0.312. The van der Waals surface area contributed by atoms with Gasteiger partial charge in [-0.25, -0.2) is 9.48 Å². The summed E-state index contributed by atoms with van der Waals surface area (Å²) >= 11 is 12.4. The molecule has 8 heteroatoms. The van der Waals surface area contributed by atoms with Crippen molar-refractivity contribution < 1.29 is 19.1 Å². The average Bonchev–Trinajstić information content (AvgIpc) is 2.97. The average molecular weight is 371 g/mol. The molecule has 2 rings (SSSR count). The molecule has 0 saturated heterocycles. The highest BCUT2D eigenvalue weighted by atomic mass is 35.5. The fourth-order valence-corrected chi connectivity index (χ4v) is 2.66. The lowest BCUT2D eigenvalue weighted by molar-refractivity contribution is 0.102. The lowest BCUT2D eigenvalue weighted by Gasteiger charge is -2.11. The number of hydrogen-bond acceptors (Lipinski definition) is 5. The first-order valence-electron chi connectivity index (χ1n) is 7.13. The summed E-state index contributed by atoms with van der Waals surface area (Å²) in [7, 11) is 1.18. The van der Waals surface area contributed by atoms with Crippen LogP contribution < -0.4 is 4.74 Å². The number of ether oxygens (including phenoxy) is 2. The topological polar surface area (TPSA) is 70.4 Å². The minimum atomic E-state index is -0.936. The number of hydrogen-bond donors (Lipinski definition) is 0. The van der Waals surface area contributed by atoms with Crippen molar-refractivity contribution in [1.82, 2.24) is 9.78 Å². The van der Waals surface area contributed by atoms with Gasteiger partial charge in [-0.3, -0.25) is 4.79 Å². The van der Waals surface area contributed by atoms with Crippen LogP contribution in [0.5, 0.6) is 5.88 Å². The molecule has 0 saturated carbocycles.